The zero-order chi connectivity index (χ0) is 5.15. The largest absolute Gasteiger partial charge is 0.479 e. The normalized spacial score (nSPS) is 10.2. The smallest absolute Gasteiger partial charge is 0.332 e. The molecule has 0 bridgehead atoms. The van der Waals surface area contributed by atoms with Crippen molar-refractivity contribution in [1.29, 1.82) is 0 Å². The molecule has 0 aliphatic heterocycles. The average Bonchev–Trinajstić information content (AvgIpc) is 1.36. The van der Waals surface area contributed by atoms with Gasteiger partial charge in [-0.1, -0.05) is 0 Å². The summed E-state index contributed by atoms with van der Waals surface area (Å²) in [5.74, 6) is -1.19. The molecule has 0 radical (unpaired) electrons. The zero-order valence-corrected chi connectivity index (χ0v) is 5.83. The van der Waals surface area contributed by atoms with Gasteiger partial charge in [-0.15, -0.1) is 24.8 Å². The number of aliphatic hydroxyl groups excluding tert-OH is 1. The van der Waals surface area contributed by atoms with Crippen molar-refractivity contribution in [3.8, 4) is 0 Å². The van der Waals surface area contributed by atoms with Gasteiger partial charge >= 0.3 is 5.97 Å². The van der Waals surface area contributed by atoms with Crippen molar-refractivity contribution in [2.75, 3.05) is 0 Å². The summed E-state index contributed by atoms with van der Waals surface area (Å²) in [6, 6.07) is 0. The molecule has 0 aromatic carbocycles. The van der Waals surface area contributed by atoms with Crippen LogP contribution in [0.2, 0.25) is 0 Å². The van der Waals surface area contributed by atoms with E-state index in [1.165, 1.54) is 6.92 Å². The summed E-state index contributed by atoms with van der Waals surface area (Å²) in [6.07, 6.45) is -1.23. The van der Waals surface area contributed by atoms with Gasteiger partial charge < -0.3 is 10.2 Å². The maximum absolute atomic E-state index is 9.45. The number of carboxylic acids is 1. The van der Waals surface area contributed by atoms with Gasteiger partial charge in [-0.2, -0.15) is 0 Å². The summed E-state index contributed by atoms with van der Waals surface area (Å²) in [6.45, 7) is 1.20. The fourth-order valence-electron chi connectivity index (χ4n) is 0. The van der Waals surface area contributed by atoms with Crippen molar-refractivity contribution < 1.29 is 15.0 Å². The molecule has 0 saturated heterocycles. The molecular formula is C3H8Cl2O3. The molecule has 0 spiro atoms. The lowest BCUT2D eigenvalue weighted by molar-refractivity contribution is -0.145. The maximum Gasteiger partial charge on any atom is 0.332 e. The summed E-state index contributed by atoms with van der Waals surface area (Å²) in [7, 11) is 0. The van der Waals surface area contributed by atoms with Crippen LogP contribution < -0.4 is 0 Å². The van der Waals surface area contributed by atoms with Crippen molar-refractivity contribution >= 4 is 30.8 Å². The first-order chi connectivity index (χ1) is 2.64. The van der Waals surface area contributed by atoms with E-state index in [9.17, 15) is 4.79 Å². The highest BCUT2D eigenvalue weighted by atomic mass is 35.5. The van der Waals surface area contributed by atoms with E-state index in [4.69, 9.17) is 10.2 Å². The van der Waals surface area contributed by atoms with Crippen LogP contribution in [0.1, 0.15) is 6.92 Å². The molecule has 0 amide bonds. The van der Waals surface area contributed by atoms with Gasteiger partial charge in [0, 0.05) is 0 Å². The Kier molecular flexibility index (Phi) is 13.7. The van der Waals surface area contributed by atoms with Gasteiger partial charge in [-0.3, -0.25) is 0 Å². The van der Waals surface area contributed by atoms with Crippen LogP contribution >= 0.6 is 24.8 Å². The first-order valence-electron chi connectivity index (χ1n) is 1.55. The lowest BCUT2D eigenvalue weighted by atomic mass is 10.4. The van der Waals surface area contributed by atoms with Crippen molar-refractivity contribution in [1.82, 2.24) is 0 Å². The molecule has 0 aliphatic carbocycles. The van der Waals surface area contributed by atoms with E-state index in [1.807, 2.05) is 0 Å². The van der Waals surface area contributed by atoms with Crippen LogP contribution in [0.5, 0.6) is 0 Å². The summed E-state index contributed by atoms with van der Waals surface area (Å²) in [5.41, 5.74) is 0. The zero-order valence-electron chi connectivity index (χ0n) is 4.20. The molecule has 52 valence electrons. The highest BCUT2D eigenvalue weighted by molar-refractivity contribution is 5.85. The van der Waals surface area contributed by atoms with Gasteiger partial charge in [-0.05, 0) is 6.92 Å². The van der Waals surface area contributed by atoms with E-state index >= 15 is 0 Å². The predicted octanol–water partition coefficient (Wildman–Crippen LogP) is 0.295. The SMILES string of the molecule is CC(O)C(=O)O.Cl.Cl. The standard InChI is InChI=1S/C3H6O3.2ClH/c1-2(4)3(5)6;;/h2,4H,1H3,(H,5,6);2*1H. The van der Waals surface area contributed by atoms with E-state index in [0.717, 1.165) is 0 Å². The Bertz CT molecular complexity index is 63.5. The van der Waals surface area contributed by atoms with Crippen LogP contribution in [-0.2, 0) is 4.79 Å². The fourth-order valence-corrected chi connectivity index (χ4v) is 0. The second-order valence-electron chi connectivity index (χ2n) is 1.01. The summed E-state index contributed by atoms with van der Waals surface area (Å²) < 4.78 is 0. The van der Waals surface area contributed by atoms with Gasteiger partial charge in [0.2, 0.25) is 0 Å². The highest BCUT2D eigenvalue weighted by Crippen LogP contribution is 1.73. The maximum atomic E-state index is 9.45. The van der Waals surface area contributed by atoms with Crippen molar-refractivity contribution in [2.24, 2.45) is 0 Å². The Hall–Kier alpha value is 0.01000. The molecule has 0 rings (SSSR count). The predicted molar refractivity (Wildman–Crippen MR) is 33.8 cm³/mol. The first kappa shape index (κ1) is 15.7. The second-order valence-corrected chi connectivity index (χ2v) is 1.01. The minimum Gasteiger partial charge on any atom is -0.479 e. The number of halogens is 2. The molecule has 0 saturated carbocycles. The molecule has 8 heavy (non-hydrogen) atoms. The number of hydrogen-bond donors (Lipinski definition) is 2. The lowest BCUT2D eigenvalue weighted by Gasteiger charge is -1.89. The van der Waals surface area contributed by atoms with E-state index in [2.05, 4.69) is 0 Å². The monoisotopic (exact) mass is 162 g/mol. The van der Waals surface area contributed by atoms with Gasteiger partial charge in [0.05, 0.1) is 0 Å². The summed E-state index contributed by atoms with van der Waals surface area (Å²) >= 11 is 0. The van der Waals surface area contributed by atoms with Crippen LogP contribution in [0.25, 0.3) is 0 Å². The molecule has 0 heterocycles. The van der Waals surface area contributed by atoms with E-state index in [0.29, 0.717) is 0 Å². The third-order valence-electron chi connectivity index (χ3n) is 0.357. The van der Waals surface area contributed by atoms with Gasteiger partial charge in [0.1, 0.15) is 6.10 Å². The topological polar surface area (TPSA) is 57.5 Å². The van der Waals surface area contributed by atoms with Gasteiger partial charge in [0.15, 0.2) is 0 Å². The Morgan fingerprint density at radius 2 is 1.62 bits per heavy atom. The average molecular weight is 163 g/mol. The number of hydrogen-bond acceptors (Lipinski definition) is 2. The molecule has 0 aliphatic rings. The minimum absolute atomic E-state index is 0. The number of rotatable bonds is 1. The molecule has 0 aromatic heterocycles. The molecule has 1 unspecified atom stereocenters. The van der Waals surface area contributed by atoms with Crippen molar-refractivity contribution in [2.45, 2.75) is 13.0 Å². The van der Waals surface area contributed by atoms with Crippen LogP contribution in [0.3, 0.4) is 0 Å². The molecule has 2 N–H and O–H groups in total. The quantitative estimate of drug-likeness (QED) is 0.584. The Balaban J connectivity index is -0.000000125. The minimum atomic E-state index is -1.23. The molecule has 1 atom stereocenters. The number of carboxylic acid groups (broad SMARTS) is 1. The molecular weight excluding hydrogens is 155 g/mol. The van der Waals surface area contributed by atoms with E-state index in [-0.39, 0.29) is 24.8 Å². The second kappa shape index (κ2) is 7.01. The number of aliphatic hydroxyl groups is 1. The third kappa shape index (κ3) is 9.38. The molecule has 5 heteroatoms. The molecule has 0 aromatic rings. The third-order valence-corrected chi connectivity index (χ3v) is 0.357. The van der Waals surface area contributed by atoms with Crippen LogP contribution in [0, 0.1) is 0 Å². The Morgan fingerprint density at radius 3 is 1.62 bits per heavy atom. The first-order valence-corrected chi connectivity index (χ1v) is 1.55. The van der Waals surface area contributed by atoms with Crippen LogP contribution in [0.15, 0.2) is 0 Å². The summed E-state index contributed by atoms with van der Waals surface area (Å²) in [5, 5.41) is 15.8. The van der Waals surface area contributed by atoms with E-state index in [1.54, 1.807) is 0 Å². The van der Waals surface area contributed by atoms with Gasteiger partial charge in [0.25, 0.3) is 0 Å². The van der Waals surface area contributed by atoms with Crippen molar-refractivity contribution in [3.05, 3.63) is 0 Å². The number of carbonyl (C=O) groups is 1. The Morgan fingerprint density at radius 1 is 1.50 bits per heavy atom. The van der Waals surface area contributed by atoms with Crippen LogP contribution in [-0.4, -0.2) is 22.3 Å². The van der Waals surface area contributed by atoms with Gasteiger partial charge in [-0.25, -0.2) is 4.79 Å². The molecule has 0 fully saturated rings. The van der Waals surface area contributed by atoms with E-state index < -0.39 is 12.1 Å². The Labute approximate surface area is 59.5 Å². The summed E-state index contributed by atoms with van der Waals surface area (Å²) in [4.78, 5) is 9.45. The lowest BCUT2D eigenvalue weighted by Crippen LogP contribution is -2.13. The molecule has 3 nitrogen and oxygen atoms in total. The fraction of sp³-hybridized carbons (Fsp3) is 0.667. The van der Waals surface area contributed by atoms with Crippen LogP contribution in [0.4, 0.5) is 0 Å². The highest BCUT2D eigenvalue weighted by Gasteiger charge is 2.01. The van der Waals surface area contributed by atoms with Crippen molar-refractivity contribution in [3.63, 3.8) is 0 Å². The number of aliphatic carboxylic acids is 1.